The van der Waals surface area contributed by atoms with Crippen molar-refractivity contribution in [2.75, 3.05) is 25.7 Å². The second-order valence-corrected chi connectivity index (χ2v) is 18.9. The van der Waals surface area contributed by atoms with Gasteiger partial charge in [0.15, 0.2) is 23.8 Å². The summed E-state index contributed by atoms with van der Waals surface area (Å²) in [5.41, 5.74) is 1.63. The third-order valence-corrected chi connectivity index (χ3v) is 13.0. The topological polar surface area (TPSA) is 197 Å². The number of thiophene rings is 2. The Morgan fingerprint density at radius 2 is 1.35 bits per heavy atom. The molecule has 0 saturated carbocycles. The van der Waals surface area contributed by atoms with Crippen LogP contribution in [0.25, 0.3) is 21.8 Å². The number of fused-ring (bicyclic) bond motifs is 4. The summed E-state index contributed by atoms with van der Waals surface area (Å²) < 4.78 is 44.8. The van der Waals surface area contributed by atoms with Crippen LogP contribution in [0.15, 0.2) is 37.3 Å². The molecule has 22 heteroatoms. The van der Waals surface area contributed by atoms with Gasteiger partial charge in [0.25, 0.3) is 0 Å². The summed E-state index contributed by atoms with van der Waals surface area (Å²) in [7, 11) is 0. The summed E-state index contributed by atoms with van der Waals surface area (Å²) in [6, 6.07) is 0. The number of thioether (sulfide) groups is 2. The van der Waals surface area contributed by atoms with E-state index < -0.39 is 71.9 Å². The van der Waals surface area contributed by atoms with Crippen LogP contribution in [0.3, 0.4) is 0 Å². The van der Waals surface area contributed by atoms with Gasteiger partial charge in [-0.25, -0.2) is 24.7 Å². The van der Waals surface area contributed by atoms with Gasteiger partial charge in [-0.3, -0.25) is 9.59 Å². The van der Waals surface area contributed by atoms with Crippen molar-refractivity contribution in [3.8, 4) is 0 Å². The number of hydrogen-bond acceptors (Lipinski definition) is 20. The zero-order valence-electron chi connectivity index (χ0n) is 35.0. The van der Waals surface area contributed by atoms with Crippen molar-refractivity contribution in [2.45, 2.75) is 125 Å². The van der Waals surface area contributed by atoms with Crippen LogP contribution >= 0.6 is 62.1 Å². The third-order valence-electron chi connectivity index (χ3n) is 8.85. The Bertz CT molecular complexity index is 2110. The molecule has 0 bridgehead atoms. The van der Waals surface area contributed by atoms with Gasteiger partial charge in [0.1, 0.15) is 60.3 Å². The van der Waals surface area contributed by atoms with E-state index >= 15 is 0 Å². The average molecular weight is 968 g/mol. The van der Waals surface area contributed by atoms with Gasteiger partial charge >= 0.3 is 36.8 Å². The van der Waals surface area contributed by atoms with E-state index in [-0.39, 0.29) is 32.1 Å². The SMILES string of the molecule is CC(=O)OC[C@H]1OC(=O)[C@@H]2OC(C)(C)O[C@H]12.CSc1ncnc2c(Br)scc12.CSc1ncnc2c(C3(O)O[C@H](COC(C)=O)[C@H]4OC(C)(C)O[C@H]43)scc12.[CH2-]CCC.[Li+]. The molecule has 4 aromatic rings. The summed E-state index contributed by atoms with van der Waals surface area (Å²) in [5.74, 6) is -4.77. The molecule has 4 aliphatic heterocycles. The summed E-state index contributed by atoms with van der Waals surface area (Å²) in [6.07, 6.45) is 5.49. The van der Waals surface area contributed by atoms with Crippen LogP contribution in [0.1, 0.15) is 66.2 Å². The van der Waals surface area contributed by atoms with Crippen molar-refractivity contribution in [1.29, 1.82) is 0 Å². The maximum absolute atomic E-state index is 11.5. The molecule has 7 atom stereocenters. The van der Waals surface area contributed by atoms with Crippen LogP contribution in [-0.4, -0.2) is 117 Å². The molecule has 0 aromatic carbocycles. The van der Waals surface area contributed by atoms with Crippen LogP contribution in [0, 0.1) is 6.92 Å². The normalized spacial score (nSPS) is 26.6. The van der Waals surface area contributed by atoms with E-state index in [1.54, 1.807) is 57.1 Å². The first kappa shape index (κ1) is 50.7. The Hall–Kier alpha value is -1.97. The van der Waals surface area contributed by atoms with Gasteiger partial charge in [-0.1, -0.05) is 13.3 Å². The summed E-state index contributed by atoms with van der Waals surface area (Å²) >= 11 is 9.58. The maximum Gasteiger partial charge on any atom is 1.00 e. The first-order chi connectivity index (χ1) is 27.9. The summed E-state index contributed by atoms with van der Waals surface area (Å²) in [4.78, 5) is 50.8. The monoisotopic (exact) mass is 966 g/mol. The number of aliphatic hydroxyl groups is 1. The van der Waals surface area contributed by atoms with E-state index in [1.807, 2.05) is 17.9 Å². The number of ether oxygens (including phenoxy) is 8. The molecular formula is C38H48BrLiN4O12S4. The molecule has 1 N–H and O–H groups in total. The molecular weight excluding hydrogens is 920 g/mol. The van der Waals surface area contributed by atoms with E-state index in [1.165, 1.54) is 49.7 Å². The van der Waals surface area contributed by atoms with E-state index in [0.29, 0.717) is 10.4 Å². The van der Waals surface area contributed by atoms with Crippen LogP contribution in [-0.2, 0) is 58.1 Å². The zero-order valence-corrected chi connectivity index (χ0v) is 39.9. The quantitative estimate of drug-likeness (QED) is 0.0667. The first-order valence-electron chi connectivity index (χ1n) is 18.4. The van der Waals surface area contributed by atoms with Crippen LogP contribution in [0.4, 0.5) is 0 Å². The van der Waals surface area contributed by atoms with Gasteiger partial charge < -0.3 is 49.9 Å². The number of hydrogen-bond donors (Lipinski definition) is 1. The maximum atomic E-state index is 11.5. The van der Waals surface area contributed by atoms with Gasteiger partial charge in [0.2, 0.25) is 5.79 Å². The third kappa shape index (κ3) is 11.8. The number of nitrogens with zero attached hydrogens (tertiary/aromatic N) is 4. The minimum atomic E-state index is -1.76. The first-order valence-corrected chi connectivity index (χ1v) is 23.4. The molecule has 4 aromatic heterocycles. The minimum absolute atomic E-state index is 0. The Kier molecular flexibility index (Phi) is 18.2. The average Bonchev–Trinajstić information content (AvgIpc) is 4.03. The number of rotatable bonds is 8. The predicted octanol–water partition coefficient (Wildman–Crippen LogP) is 3.84. The molecule has 8 rings (SSSR count). The fourth-order valence-corrected chi connectivity index (χ4v) is 9.91. The molecule has 16 nitrogen and oxygen atoms in total. The summed E-state index contributed by atoms with van der Waals surface area (Å²) in [5, 5.41) is 19.3. The summed E-state index contributed by atoms with van der Waals surface area (Å²) in [6.45, 7) is 15.3. The molecule has 60 heavy (non-hydrogen) atoms. The molecule has 324 valence electrons. The number of carbonyl (C=O) groups is 3. The van der Waals surface area contributed by atoms with Crippen molar-refractivity contribution in [1.82, 2.24) is 19.9 Å². The van der Waals surface area contributed by atoms with E-state index in [9.17, 15) is 19.5 Å². The number of unbranched alkanes of at least 4 members (excludes halogenated alkanes) is 1. The smallest absolute Gasteiger partial charge is 0.463 e. The predicted molar refractivity (Wildman–Crippen MR) is 226 cm³/mol. The van der Waals surface area contributed by atoms with Gasteiger partial charge in [-0.15, -0.1) is 46.2 Å². The number of halogens is 1. The molecule has 0 amide bonds. The van der Waals surface area contributed by atoms with Crippen LogP contribution in [0.5, 0.6) is 0 Å². The Morgan fingerprint density at radius 1 is 0.833 bits per heavy atom. The second-order valence-electron chi connectivity index (χ2n) is 14.2. The molecule has 0 aliphatic carbocycles. The van der Waals surface area contributed by atoms with Gasteiger partial charge in [0, 0.05) is 35.4 Å². The minimum Gasteiger partial charge on any atom is -0.463 e. The number of esters is 3. The Labute approximate surface area is 385 Å². The molecule has 4 saturated heterocycles. The van der Waals surface area contributed by atoms with Gasteiger partial charge in [0.05, 0.1) is 19.7 Å². The van der Waals surface area contributed by atoms with Crippen molar-refractivity contribution in [3.63, 3.8) is 0 Å². The van der Waals surface area contributed by atoms with E-state index in [0.717, 1.165) is 36.5 Å². The van der Waals surface area contributed by atoms with E-state index in [2.05, 4.69) is 55.1 Å². The Morgan fingerprint density at radius 3 is 1.92 bits per heavy atom. The Balaban J connectivity index is 0.000000204. The van der Waals surface area contributed by atoms with Gasteiger partial charge in [-0.2, -0.15) is 6.42 Å². The standard InChI is InChI=1S/C17H20N2O6S2.C10H14O6.C7H5BrN2S2.C4H9.Li/c1-8(20)22-5-10-12-13(25-16(2,3)24-12)17(21,23-10)14-11-9(6-27-14)15(26-4)19-7-18-11;1-5(11)13-4-6-7-8(9(12)14-6)16-10(2,3)15-7;1-11-7-4-2-12-6(8)5(4)9-3-10-7;1-3-4-2;/h6-7,10,12-13,21H,5H2,1-4H3;6-8H,4H2,1-3H3;2-3H,1H3;1,3-4H2,2H3;/q;;;-1;+1/t10-,12-,13-,17?;6-,7-,8-;;;/m11.../s1. The van der Waals surface area contributed by atoms with Crippen LogP contribution in [0.2, 0.25) is 0 Å². The largest absolute Gasteiger partial charge is 1.00 e. The van der Waals surface area contributed by atoms with Crippen LogP contribution < -0.4 is 18.9 Å². The van der Waals surface area contributed by atoms with Crippen molar-refractivity contribution < 1.29 is 76.2 Å². The molecule has 0 radical (unpaired) electrons. The van der Waals surface area contributed by atoms with Crippen molar-refractivity contribution in [2.24, 2.45) is 0 Å². The molecule has 4 aliphatic rings. The van der Waals surface area contributed by atoms with E-state index in [4.69, 9.17) is 37.9 Å². The fraction of sp³-hybridized carbons (Fsp3) is 0.579. The van der Waals surface area contributed by atoms with Crippen molar-refractivity contribution >= 4 is 102 Å². The van der Waals surface area contributed by atoms with Crippen molar-refractivity contribution in [3.05, 3.63) is 39.0 Å². The number of cyclic esters (lactones) is 1. The zero-order chi connectivity index (χ0) is 43.3. The second kappa shape index (κ2) is 21.6. The molecule has 4 fully saturated rings. The molecule has 1 unspecified atom stereocenters. The number of aromatic nitrogens is 4. The molecule has 8 heterocycles. The fourth-order valence-electron chi connectivity index (χ4n) is 6.32. The molecule has 0 spiro atoms. The van der Waals surface area contributed by atoms with Gasteiger partial charge in [-0.05, 0) is 56.1 Å². The number of carbonyl (C=O) groups excluding carboxylic acids is 3.